The minimum absolute atomic E-state index is 0.0171. The van der Waals surface area contributed by atoms with E-state index in [2.05, 4.69) is 27.7 Å². The van der Waals surface area contributed by atoms with Crippen molar-refractivity contribution in [1.29, 1.82) is 0 Å². The van der Waals surface area contributed by atoms with Crippen molar-refractivity contribution >= 4 is 17.8 Å². The predicted octanol–water partition coefficient (Wildman–Crippen LogP) is 1.10. The Morgan fingerprint density at radius 2 is 1.85 bits per heavy atom. The summed E-state index contributed by atoms with van der Waals surface area (Å²) in [5.41, 5.74) is 0.452. The second-order valence-corrected chi connectivity index (χ2v) is 7.88. The highest BCUT2D eigenvalue weighted by molar-refractivity contribution is 6.07. The maximum Gasteiger partial charge on any atom is 0.322 e. The highest BCUT2D eigenvalue weighted by Crippen LogP contribution is 2.28. The predicted molar refractivity (Wildman–Crippen MR) is 99.7 cm³/mol. The summed E-state index contributed by atoms with van der Waals surface area (Å²) in [6.07, 6.45) is 2.91. The number of likely N-dealkylation sites (tertiary alicyclic amines) is 2. The van der Waals surface area contributed by atoms with Crippen molar-refractivity contribution in [2.45, 2.75) is 37.8 Å². The fourth-order valence-electron chi connectivity index (χ4n) is 4.49. The van der Waals surface area contributed by atoms with Gasteiger partial charge in [-0.05, 0) is 37.8 Å². The van der Waals surface area contributed by atoms with Crippen LogP contribution in [0.15, 0.2) is 30.3 Å². The van der Waals surface area contributed by atoms with Crippen LogP contribution in [0.25, 0.3) is 0 Å². The Morgan fingerprint density at radius 3 is 2.52 bits per heavy atom. The Morgan fingerprint density at radius 1 is 1.11 bits per heavy atom. The number of imide groups is 1. The largest absolute Gasteiger partial charge is 0.342 e. The Balaban J connectivity index is 1.33. The third kappa shape index (κ3) is 3.69. The highest BCUT2D eigenvalue weighted by Gasteiger charge is 2.48. The van der Waals surface area contributed by atoms with Crippen molar-refractivity contribution in [3.8, 4) is 0 Å². The first-order chi connectivity index (χ1) is 13.1. The quantitative estimate of drug-likeness (QED) is 0.781. The topological polar surface area (TPSA) is 81.8 Å². The monoisotopic (exact) mass is 370 g/mol. The fraction of sp³-hybridized carbons (Fsp3) is 0.550. The minimum Gasteiger partial charge on any atom is -0.342 e. The van der Waals surface area contributed by atoms with Crippen LogP contribution in [-0.2, 0) is 16.1 Å². The van der Waals surface area contributed by atoms with E-state index >= 15 is 0 Å². The highest BCUT2D eigenvalue weighted by atomic mass is 16.2. The molecule has 1 spiro atoms. The van der Waals surface area contributed by atoms with Gasteiger partial charge in [-0.2, -0.15) is 0 Å². The van der Waals surface area contributed by atoms with Crippen LogP contribution in [0.2, 0.25) is 0 Å². The Kier molecular flexibility index (Phi) is 4.86. The molecule has 4 amide bonds. The van der Waals surface area contributed by atoms with E-state index in [-0.39, 0.29) is 17.7 Å². The maximum atomic E-state index is 13.0. The van der Waals surface area contributed by atoms with Gasteiger partial charge in [-0.3, -0.25) is 19.8 Å². The standard InChI is InChI=1S/C20H26N4O3/c25-17(24-11-8-20(9-12-24)18(26)21-19(27)22-20)16-7-4-10-23(14-16)13-15-5-2-1-3-6-15/h1-3,5-6,16H,4,7-14H2,(H2,21,22,26,27). The van der Waals surface area contributed by atoms with Crippen molar-refractivity contribution in [2.24, 2.45) is 5.92 Å². The SMILES string of the molecule is O=C1NC(=O)C2(CCN(C(=O)C3CCCN(Cc4ccccc4)C3)CC2)N1. The molecule has 1 atom stereocenters. The molecule has 4 rings (SSSR count). The van der Waals surface area contributed by atoms with Gasteiger partial charge in [0.25, 0.3) is 5.91 Å². The van der Waals surface area contributed by atoms with Gasteiger partial charge in [0.2, 0.25) is 5.91 Å². The number of amides is 4. The van der Waals surface area contributed by atoms with E-state index in [0.717, 1.165) is 32.5 Å². The van der Waals surface area contributed by atoms with Gasteiger partial charge in [0.15, 0.2) is 0 Å². The van der Waals surface area contributed by atoms with Crippen LogP contribution < -0.4 is 10.6 Å². The number of hydrogen-bond acceptors (Lipinski definition) is 4. The summed E-state index contributed by atoms with van der Waals surface area (Å²) in [7, 11) is 0. The van der Waals surface area contributed by atoms with Crippen LogP contribution in [-0.4, -0.2) is 59.4 Å². The Bertz CT molecular complexity index is 728. The van der Waals surface area contributed by atoms with Crippen molar-refractivity contribution in [2.75, 3.05) is 26.2 Å². The zero-order chi connectivity index (χ0) is 18.9. The van der Waals surface area contributed by atoms with Gasteiger partial charge < -0.3 is 10.2 Å². The molecule has 1 unspecified atom stereocenters. The van der Waals surface area contributed by atoms with Crippen molar-refractivity contribution < 1.29 is 14.4 Å². The summed E-state index contributed by atoms with van der Waals surface area (Å²) in [6.45, 7) is 3.71. The number of rotatable bonds is 3. The maximum absolute atomic E-state index is 13.0. The average molecular weight is 370 g/mol. The van der Waals surface area contributed by atoms with Crippen molar-refractivity contribution in [3.63, 3.8) is 0 Å². The van der Waals surface area contributed by atoms with Gasteiger partial charge in [0.1, 0.15) is 5.54 Å². The molecule has 3 fully saturated rings. The first-order valence-corrected chi connectivity index (χ1v) is 9.74. The van der Waals surface area contributed by atoms with Crippen LogP contribution in [0.5, 0.6) is 0 Å². The summed E-state index contributed by atoms with van der Waals surface area (Å²) in [5.74, 6) is -0.0536. The van der Waals surface area contributed by atoms with Crippen LogP contribution >= 0.6 is 0 Å². The van der Waals surface area contributed by atoms with Crippen LogP contribution in [0.1, 0.15) is 31.2 Å². The number of carbonyl (C=O) groups is 3. The smallest absolute Gasteiger partial charge is 0.322 e. The molecule has 7 nitrogen and oxygen atoms in total. The lowest BCUT2D eigenvalue weighted by Crippen LogP contribution is -2.57. The molecule has 3 aliphatic heterocycles. The normalized spacial score (nSPS) is 25.3. The Labute approximate surface area is 159 Å². The summed E-state index contributed by atoms with van der Waals surface area (Å²) in [4.78, 5) is 40.7. The zero-order valence-corrected chi connectivity index (χ0v) is 15.4. The van der Waals surface area contributed by atoms with Gasteiger partial charge in [-0.25, -0.2) is 4.79 Å². The molecule has 0 aliphatic carbocycles. The van der Waals surface area contributed by atoms with Crippen molar-refractivity contribution in [1.82, 2.24) is 20.4 Å². The van der Waals surface area contributed by atoms with E-state index in [1.807, 2.05) is 23.1 Å². The first kappa shape index (κ1) is 18.0. The third-order valence-corrected chi connectivity index (χ3v) is 6.05. The second-order valence-electron chi connectivity index (χ2n) is 7.88. The number of urea groups is 1. The molecular formula is C20H26N4O3. The number of piperidine rings is 2. The number of nitrogens with one attached hydrogen (secondary N) is 2. The molecule has 0 radical (unpaired) electrons. The van der Waals surface area contributed by atoms with Gasteiger partial charge >= 0.3 is 6.03 Å². The fourth-order valence-corrected chi connectivity index (χ4v) is 4.49. The molecule has 144 valence electrons. The summed E-state index contributed by atoms with van der Waals surface area (Å²) >= 11 is 0. The minimum atomic E-state index is -0.820. The van der Waals surface area contributed by atoms with E-state index in [4.69, 9.17) is 0 Å². The van der Waals surface area contributed by atoms with Gasteiger partial charge in [-0.15, -0.1) is 0 Å². The lowest BCUT2D eigenvalue weighted by atomic mass is 9.86. The lowest BCUT2D eigenvalue weighted by Gasteiger charge is -2.40. The zero-order valence-electron chi connectivity index (χ0n) is 15.4. The molecule has 0 saturated carbocycles. The average Bonchev–Trinajstić information content (AvgIpc) is 2.95. The molecule has 0 bridgehead atoms. The third-order valence-electron chi connectivity index (χ3n) is 6.05. The van der Waals surface area contributed by atoms with Crippen molar-refractivity contribution in [3.05, 3.63) is 35.9 Å². The summed E-state index contributed by atoms with van der Waals surface area (Å²) < 4.78 is 0. The van der Waals surface area contributed by atoms with Gasteiger partial charge in [-0.1, -0.05) is 30.3 Å². The van der Waals surface area contributed by atoms with Crippen LogP contribution in [0.4, 0.5) is 4.79 Å². The number of carbonyl (C=O) groups excluding carboxylic acids is 3. The summed E-state index contributed by atoms with van der Waals surface area (Å²) in [6, 6.07) is 9.92. The molecule has 3 aliphatic rings. The van der Waals surface area contributed by atoms with Crippen LogP contribution in [0, 0.1) is 5.92 Å². The molecule has 3 saturated heterocycles. The van der Waals surface area contributed by atoms with E-state index in [0.29, 0.717) is 25.9 Å². The first-order valence-electron chi connectivity index (χ1n) is 9.74. The molecule has 7 heteroatoms. The van der Waals surface area contributed by atoms with E-state index in [1.54, 1.807) is 0 Å². The molecule has 3 heterocycles. The lowest BCUT2D eigenvalue weighted by molar-refractivity contribution is -0.141. The second kappa shape index (κ2) is 7.31. The molecule has 0 aromatic heterocycles. The number of nitrogens with zero attached hydrogens (tertiary/aromatic N) is 2. The summed E-state index contributed by atoms with van der Waals surface area (Å²) in [5, 5.41) is 5.06. The molecular weight excluding hydrogens is 344 g/mol. The van der Waals surface area contributed by atoms with Crippen LogP contribution in [0.3, 0.4) is 0 Å². The molecule has 27 heavy (non-hydrogen) atoms. The van der Waals surface area contributed by atoms with Gasteiger partial charge in [0.05, 0.1) is 5.92 Å². The molecule has 1 aromatic carbocycles. The van der Waals surface area contributed by atoms with E-state index in [1.165, 1.54) is 5.56 Å². The Hall–Kier alpha value is -2.41. The molecule has 2 N–H and O–H groups in total. The number of benzene rings is 1. The van der Waals surface area contributed by atoms with E-state index < -0.39 is 11.6 Å². The van der Waals surface area contributed by atoms with Gasteiger partial charge in [0, 0.05) is 26.2 Å². The van der Waals surface area contributed by atoms with E-state index in [9.17, 15) is 14.4 Å². The number of hydrogen-bond donors (Lipinski definition) is 2. The molecule has 1 aromatic rings.